The Bertz CT molecular complexity index is 722. The molecule has 0 aromatic carbocycles. The SMILES string of the molecule is COC1(c2ccnc(CN)c2)C2CCCC1CN(Cc1ccccn1)C2. The van der Waals surface area contributed by atoms with Gasteiger partial charge in [-0.25, -0.2) is 0 Å². The number of aromatic nitrogens is 2. The van der Waals surface area contributed by atoms with E-state index in [0.29, 0.717) is 18.4 Å². The van der Waals surface area contributed by atoms with Gasteiger partial charge >= 0.3 is 0 Å². The van der Waals surface area contributed by atoms with Gasteiger partial charge in [0, 0.05) is 57.5 Å². The van der Waals surface area contributed by atoms with Gasteiger partial charge < -0.3 is 10.5 Å². The van der Waals surface area contributed by atoms with Crippen LogP contribution in [-0.4, -0.2) is 35.1 Å². The van der Waals surface area contributed by atoms with Crippen LogP contribution in [-0.2, 0) is 23.4 Å². The molecule has 2 atom stereocenters. The lowest BCUT2D eigenvalue weighted by Gasteiger charge is -2.55. The Kier molecular flexibility index (Phi) is 5.02. The van der Waals surface area contributed by atoms with Crippen molar-refractivity contribution in [3.8, 4) is 0 Å². The number of methoxy groups -OCH3 is 1. The summed E-state index contributed by atoms with van der Waals surface area (Å²) in [5, 5.41) is 0. The highest BCUT2D eigenvalue weighted by Crippen LogP contribution is 2.51. The van der Waals surface area contributed by atoms with E-state index in [4.69, 9.17) is 10.5 Å². The van der Waals surface area contributed by atoms with Gasteiger partial charge in [-0.3, -0.25) is 14.9 Å². The summed E-state index contributed by atoms with van der Waals surface area (Å²) in [7, 11) is 1.88. The van der Waals surface area contributed by atoms with Gasteiger partial charge in [-0.05, 0) is 42.7 Å². The van der Waals surface area contributed by atoms with Crippen LogP contribution in [0.15, 0.2) is 42.7 Å². The van der Waals surface area contributed by atoms with E-state index in [1.165, 1.54) is 24.8 Å². The number of likely N-dealkylation sites (tertiary alicyclic amines) is 1. The molecule has 2 N–H and O–H groups in total. The normalized spacial score (nSPS) is 28.8. The van der Waals surface area contributed by atoms with Crippen molar-refractivity contribution in [3.05, 3.63) is 59.7 Å². The van der Waals surface area contributed by atoms with Crippen LogP contribution in [0.5, 0.6) is 0 Å². The Morgan fingerprint density at radius 2 is 1.88 bits per heavy atom. The average molecular weight is 352 g/mol. The Labute approximate surface area is 155 Å². The van der Waals surface area contributed by atoms with Crippen LogP contribution in [0.1, 0.15) is 36.2 Å². The van der Waals surface area contributed by atoms with Crippen LogP contribution in [0.25, 0.3) is 0 Å². The number of rotatable bonds is 5. The van der Waals surface area contributed by atoms with Gasteiger partial charge in [0.05, 0.1) is 11.4 Å². The molecule has 1 saturated heterocycles. The molecule has 0 amide bonds. The lowest BCUT2D eigenvalue weighted by molar-refractivity contribution is -0.170. The second-order valence-electron chi connectivity index (χ2n) is 7.58. The van der Waals surface area contributed by atoms with Crippen LogP contribution < -0.4 is 5.73 Å². The fraction of sp³-hybridized carbons (Fsp3) is 0.524. The molecule has 0 radical (unpaired) electrons. The predicted octanol–water partition coefficient (Wildman–Crippen LogP) is 2.71. The highest BCUT2D eigenvalue weighted by Gasteiger charge is 2.53. The third kappa shape index (κ3) is 3.04. The van der Waals surface area contributed by atoms with Gasteiger partial charge in [0.1, 0.15) is 5.60 Å². The molecule has 2 unspecified atom stereocenters. The molecule has 3 heterocycles. The monoisotopic (exact) mass is 352 g/mol. The fourth-order valence-corrected chi connectivity index (χ4v) is 5.13. The topological polar surface area (TPSA) is 64.3 Å². The van der Waals surface area contributed by atoms with E-state index >= 15 is 0 Å². The van der Waals surface area contributed by atoms with Gasteiger partial charge in [-0.2, -0.15) is 0 Å². The first kappa shape index (κ1) is 17.6. The third-order valence-corrected chi connectivity index (χ3v) is 6.20. The summed E-state index contributed by atoms with van der Waals surface area (Å²) in [4.78, 5) is 11.4. The molecule has 4 rings (SSSR count). The van der Waals surface area contributed by atoms with Crippen molar-refractivity contribution in [2.24, 2.45) is 17.6 Å². The predicted molar refractivity (Wildman–Crippen MR) is 101 cm³/mol. The second-order valence-corrected chi connectivity index (χ2v) is 7.58. The summed E-state index contributed by atoms with van der Waals surface area (Å²) in [6, 6.07) is 10.4. The molecule has 2 aliphatic rings. The van der Waals surface area contributed by atoms with Crippen molar-refractivity contribution >= 4 is 0 Å². The summed E-state index contributed by atoms with van der Waals surface area (Å²) in [6.45, 7) is 3.47. The summed E-state index contributed by atoms with van der Waals surface area (Å²) in [5.41, 5.74) is 8.96. The zero-order valence-electron chi connectivity index (χ0n) is 15.5. The second kappa shape index (κ2) is 7.43. The molecule has 26 heavy (non-hydrogen) atoms. The lowest BCUT2D eigenvalue weighted by atomic mass is 9.62. The number of pyridine rings is 2. The standard InChI is InChI=1S/C21H28N4O/c1-26-21(16-8-10-24-20(11-16)12-22)17-5-4-6-18(21)14-25(13-17)15-19-7-2-3-9-23-19/h2-3,7-11,17-18H,4-6,12-15,22H2,1H3. The van der Waals surface area contributed by atoms with E-state index in [9.17, 15) is 0 Å². The number of hydrogen-bond donors (Lipinski definition) is 1. The number of ether oxygens (including phenoxy) is 1. The highest BCUT2D eigenvalue weighted by molar-refractivity contribution is 5.28. The van der Waals surface area contributed by atoms with Crippen LogP contribution in [0.4, 0.5) is 0 Å². The quantitative estimate of drug-likeness (QED) is 0.896. The van der Waals surface area contributed by atoms with Crippen molar-refractivity contribution in [1.29, 1.82) is 0 Å². The number of nitrogens with zero attached hydrogens (tertiary/aromatic N) is 3. The number of fused-ring (bicyclic) bond motifs is 2. The van der Waals surface area contributed by atoms with Crippen LogP contribution in [0.2, 0.25) is 0 Å². The van der Waals surface area contributed by atoms with Gasteiger partial charge in [0.15, 0.2) is 0 Å². The number of piperidine rings is 1. The zero-order chi connectivity index (χ0) is 18.0. The molecule has 5 heteroatoms. The van der Waals surface area contributed by atoms with E-state index in [2.05, 4.69) is 39.1 Å². The van der Waals surface area contributed by atoms with Crippen molar-refractivity contribution in [2.75, 3.05) is 20.2 Å². The van der Waals surface area contributed by atoms with Crippen molar-refractivity contribution in [2.45, 2.75) is 38.0 Å². The van der Waals surface area contributed by atoms with E-state index in [1.807, 2.05) is 25.6 Å². The lowest BCUT2D eigenvalue weighted by Crippen LogP contribution is -2.58. The average Bonchev–Trinajstić information content (AvgIpc) is 2.68. The molecule has 1 aliphatic heterocycles. The summed E-state index contributed by atoms with van der Waals surface area (Å²) in [5.74, 6) is 0.966. The van der Waals surface area contributed by atoms with Crippen LogP contribution in [0.3, 0.4) is 0 Å². The van der Waals surface area contributed by atoms with E-state index in [0.717, 1.165) is 31.0 Å². The first-order valence-corrected chi connectivity index (χ1v) is 9.59. The first-order chi connectivity index (χ1) is 12.8. The van der Waals surface area contributed by atoms with Gasteiger partial charge in [-0.15, -0.1) is 0 Å². The van der Waals surface area contributed by atoms with Crippen molar-refractivity contribution in [3.63, 3.8) is 0 Å². The van der Waals surface area contributed by atoms with Crippen LogP contribution in [0, 0.1) is 11.8 Å². The minimum absolute atomic E-state index is 0.217. The smallest absolute Gasteiger partial charge is 0.101 e. The third-order valence-electron chi connectivity index (χ3n) is 6.20. The molecule has 1 saturated carbocycles. The van der Waals surface area contributed by atoms with Gasteiger partial charge in [0.2, 0.25) is 0 Å². The number of nitrogens with two attached hydrogens (primary N) is 1. The van der Waals surface area contributed by atoms with Crippen molar-refractivity contribution in [1.82, 2.24) is 14.9 Å². The van der Waals surface area contributed by atoms with E-state index in [1.54, 1.807) is 0 Å². The largest absolute Gasteiger partial charge is 0.373 e. The Morgan fingerprint density at radius 1 is 1.12 bits per heavy atom. The maximum atomic E-state index is 6.32. The maximum absolute atomic E-state index is 6.32. The molecule has 2 aromatic heterocycles. The van der Waals surface area contributed by atoms with Crippen molar-refractivity contribution < 1.29 is 4.74 Å². The molecule has 138 valence electrons. The highest BCUT2D eigenvalue weighted by atomic mass is 16.5. The number of hydrogen-bond acceptors (Lipinski definition) is 5. The fourth-order valence-electron chi connectivity index (χ4n) is 5.13. The Balaban J connectivity index is 1.63. The Hall–Kier alpha value is -1.82. The Morgan fingerprint density at radius 3 is 2.54 bits per heavy atom. The maximum Gasteiger partial charge on any atom is 0.101 e. The van der Waals surface area contributed by atoms with E-state index < -0.39 is 0 Å². The van der Waals surface area contributed by atoms with E-state index in [-0.39, 0.29) is 5.60 Å². The molecular formula is C21H28N4O. The molecule has 0 spiro atoms. The molecule has 5 nitrogen and oxygen atoms in total. The minimum atomic E-state index is -0.217. The summed E-state index contributed by atoms with van der Waals surface area (Å²) < 4.78 is 6.32. The summed E-state index contributed by atoms with van der Waals surface area (Å²) >= 11 is 0. The van der Waals surface area contributed by atoms with Crippen LogP contribution >= 0.6 is 0 Å². The molecule has 2 bridgehead atoms. The zero-order valence-corrected chi connectivity index (χ0v) is 15.5. The molecule has 2 aromatic rings. The molecule has 2 fully saturated rings. The summed E-state index contributed by atoms with van der Waals surface area (Å²) in [6.07, 6.45) is 7.44. The minimum Gasteiger partial charge on any atom is -0.373 e. The van der Waals surface area contributed by atoms with Gasteiger partial charge in [-0.1, -0.05) is 12.5 Å². The molecular weight excluding hydrogens is 324 g/mol. The van der Waals surface area contributed by atoms with Gasteiger partial charge in [0.25, 0.3) is 0 Å². The molecule has 1 aliphatic carbocycles. The first-order valence-electron chi connectivity index (χ1n) is 9.59.